The maximum atomic E-state index is 11.7. The Hall–Kier alpha value is -1.33. The Morgan fingerprint density at radius 3 is 2.73 bits per heavy atom. The van der Waals surface area contributed by atoms with Crippen LogP contribution < -0.4 is 4.72 Å². The number of benzene rings is 1. The fraction of sp³-hybridized carbons (Fsp3) is 0.200. The average Bonchev–Trinajstić information content (AvgIpc) is 2.17. The van der Waals surface area contributed by atoms with E-state index in [2.05, 4.69) is 11.3 Å². The summed E-state index contributed by atoms with van der Waals surface area (Å²) in [7, 11) is -3.58. The number of phenolic OH excluding ortho intramolecular Hbond substituents is 1. The standard InChI is InChI=1S/C10H13NO3S/c1-3-8(2)11-15(13,14)10-6-4-5-9(12)7-10/h3-8,11-12H,1H2,2H3. The SMILES string of the molecule is C=CC(C)NS(=O)(=O)c1cccc(O)c1. The van der Waals surface area contributed by atoms with E-state index in [9.17, 15) is 8.42 Å². The van der Waals surface area contributed by atoms with Crippen LogP contribution in [-0.4, -0.2) is 19.6 Å². The first-order valence-corrected chi connectivity index (χ1v) is 5.88. The number of phenols is 1. The van der Waals surface area contributed by atoms with Crippen LogP contribution in [-0.2, 0) is 10.0 Å². The summed E-state index contributed by atoms with van der Waals surface area (Å²) >= 11 is 0. The van der Waals surface area contributed by atoms with Gasteiger partial charge in [-0.25, -0.2) is 13.1 Å². The molecule has 15 heavy (non-hydrogen) atoms. The summed E-state index contributed by atoms with van der Waals surface area (Å²) in [5.41, 5.74) is 0. The molecule has 1 rings (SSSR count). The molecule has 0 aliphatic heterocycles. The molecule has 0 bridgehead atoms. The molecular weight excluding hydrogens is 214 g/mol. The van der Waals surface area contributed by atoms with Gasteiger partial charge in [-0.2, -0.15) is 0 Å². The van der Waals surface area contributed by atoms with E-state index in [0.717, 1.165) is 0 Å². The van der Waals surface area contributed by atoms with Crippen molar-refractivity contribution in [2.75, 3.05) is 0 Å². The number of sulfonamides is 1. The third kappa shape index (κ3) is 3.07. The van der Waals surface area contributed by atoms with E-state index in [4.69, 9.17) is 5.11 Å². The van der Waals surface area contributed by atoms with Gasteiger partial charge in [-0.3, -0.25) is 0 Å². The van der Waals surface area contributed by atoms with Gasteiger partial charge in [0.1, 0.15) is 5.75 Å². The number of nitrogens with one attached hydrogen (secondary N) is 1. The van der Waals surface area contributed by atoms with Crippen molar-refractivity contribution in [3.05, 3.63) is 36.9 Å². The molecule has 0 aromatic heterocycles. The molecule has 5 heteroatoms. The minimum atomic E-state index is -3.58. The molecule has 0 saturated heterocycles. The van der Waals surface area contributed by atoms with E-state index in [1.54, 1.807) is 6.92 Å². The van der Waals surface area contributed by atoms with Crippen LogP contribution in [0.1, 0.15) is 6.92 Å². The minimum absolute atomic E-state index is 0.0381. The molecule has 1 atom stereocenters. The molecule has 0 aliphatic rings. The van der Waals surface area contributed by atoms with Crippen molar-refractivity contribution in [1.29, 1.82) is 0 Å². The lowest BCUT2D eigenvalue weighted by Crippen LogP contribution is -2.30. The van der Waals surface area contributed by atoms with Gasteiger partial charge in [0.05, 0.1) is 4.90 Å². The predicted molar refractivity (Wildman–Crippen MR) is 58.1 cm³/mol. The molecule has 0 radical (unpaired) electrons. The fourth-order valence-corrected chi connectivity index (χ4v) is 2.27. The van der Waals surface area contributed by atoms with Gasteiger partial charge in [-0.05, 0) is 25.1 Å². The lowest BCUT2D eigenvalue weighted by atomic mass is 10.3. The average molecular weight is 227 g/mol. The van der Waals surface area contributed by atoms with Gasteiger partial charge >= 0.3 is 0 Å². The predicted octanol–water partition coefficient (Wildman–Crippen LogP) is 1.25. The Morgan fingerprint density at radius 1 is 1.53 bits per heavy atom. The summed E-state index contributed by atoms with van der Waals surface area (Å²) in [6.07, 6.45) is 1.49. The third-order valence-electron chi connectivity index (χ3n) is 1.82. The maximum Gasteiger partial charge on any atom is 0.241 e. The largest absolute Gasteiger partial charge is 0.508 e. The van der Waals surface area contributed by atoms with Crippen LogP contribution in [0.15, 0.2) is 41.8 Å². The highest BCUT2D eigenvalue weighted by Gasteiger charge is 2.15. The Kier molecular flexibility index (Phi) is 3.49. The van der Waals surface area contributed by atoms with Gasteiger partial charge in [0.2, 0.25) is 10.0 Å². The van der Waals surface area contributed by atoms with E-state index in [0.29, 0.717) is 0 Å². The van der Waals surface area contributed by atoms with Crippen LogP contribution >= 0.6 is 0 Å². The van der Waals surface area contributed by atoms with E-state index in [-0.39, 0.29) is 16.7 Å². The van der Waals surface area contributed by atoms with Crippen molar-refractivity contribution in [3.63, 3.8) is 0 Å². The summed E-state index contributed by atoms with van der Waals surface area (Å²) < 4.78 is 25.8. The lowest BCUT2D eigenvalue weighted by molar-refractivity contribution is 0.473. The highest BCUT2D eigenvalue weighted by Crippen LogP contribution is 2.15. The highest BCUT2D eigenvalue weighted by atomic mass is 32.2. The molecule has 1 aromatic rings. The molecule has 0 aliphatic carbocycles. The zero-order chi connectivity index (χ0) is 11.5. The van der Waals surface area contributed by atoms with Crippen molar-refractivity contribution in [3.8, 4) is 5.75 Å². The van der Waals surface area contributed by atoms with Crippen molar-refractivity contribution < 1.29 is 13.5 Å². The Bertz CT molecular complexity index is 453. The summed E-state index contributed by atoms with van der Waals surface area (Å²) in [6.45, 7) is 5.15. The molecule has 2 N–H and O–H groups in total. The van der Waals surface area contributed by atoms with Crippen LogP contribution in [0, 0.1) is 0 Å². The molecule has 0 spiro atoms. The number of hydrogen-bond acceptors (Lipinski definition) is 3. The number of aromatic hydroxyl groups is 1. The fourth-order valence-electron chi connectivity index (χ4n) is 1.01. The van der Waals surface area contributed by atoms with E-state index in [1.165, 1.54) is 30.3 Å². The van der Waals surface area contributed by atoms with Gasteiger partial charge in [0.25, 0.3) is 0 Å². The van der Waals surface area contributed by atoms with Gasteiger partial charge in [-0.15, -0.1) is 6.58 Å². The third-order valence-corrected chi connectivity index (χ3v) is 3.38. The monoisotopic (exact) mass is 227 g/mol. The molecule has 82 valence electrons. The van der Waals surface area contributed by atoms with Crippen molar-refractivity contribution in [1.82, 2.24) is 4.72 Å². The Labute approximate surface area is 89.3 Å². The second-order valence-electron chi connectivity index (χ2n) is 3.14. The maximum absolute atomic E-state index is 11.7. The molecule has 4 nitrogen and oxygen atoms in total. The first-order chi connectivity index (χ1) is 6.95. The molecule has 0 amide bonds. The second kappa shape index (κ2) is 4.46. The molecule has 0 saturated carbocycles. The highest BCUT2D eigenvalue weighted by molar-refractivity contribution is 7.89. The van der Waals surface area contributed by atoms with E-state index in [1.807, 2.05) is 0 Å². The van der Waals surface area contributed by atoms with Gasteiger partial charge in [-0.1, -0.05) is 12.1 Å². The molecule has 1 aromatic carbocycles. The summed E-state index contributed by atoms with van der Waals surface area (Å²) in [6, 6.07) is 5.14. The van der Waals surface area contributed by atoms with E-state index < -0.39 is 10.0 Å². The van der Waals surface area contributed by atoms with Crippen molar-refractivity contribution in [2.24, 2.45) is 0 Å². The van der Waals surface area contributed by atoms with Crippen LogP contribution in [0.2, 0.25) is 0 Å². The van der Waals surface area contributed by atoms with E-state index >= 15 is 0 Å². The van der Waals surface area contributed by atoms with Gasteiger partial charge in [0, 0.05) is 6.04 Å². The molecule has 0 fully saturated rings. The Morgan fingerprint density at radius 2 is 2.20 bits per heavy atom. The van der Waals surface area contributed by atoms with Crippen LogP contribution in [0.3, 0.4) is 0 Å². The summed E-state index contributed by atoms with van der Waals surface area (Å²) in [5, 5.41) is 9.16. The number of hydrogen-bond donors (Lipinski definition) is 2. The minimum Gasteiger partial charge on any atom is -0.508 e. The zero-order valence-corrected chi connectivity index (χ0v) is 9.16. The van der Waals surface area contributed by atoms with Gasteiger partial charge in [0.15, 0.2) is 0 Å². The topological polar surface area (TPSA) is 66.4 Å². The van der Waals surface area contributed by atoms with Crippen molar-refractivity contribution in [2.45, 2.75) is 17.9 Å². The number of rotatable bonds is 4. The van der Waals surface area contributed by atoms with Crippen LogP contribution in [0.5, 0.6) is 5.75 Å². The molecule has 0 heterocycles. The lowest BCUT2D eigenvalue weighted by Gasteiger charge is -2.10. The molecular formula is C10H13NO3S. The van der Waals surface area contributed by atoms with Crippen LogP contribution in [0.4, 0.5) is 0 Å². The summed E-state index contributed by atoms with van der Waals surface area (Å²) in [4.78, 5) is 0.0381. The normalized spacial score (nSPS) is 13.4. The van der Waals surface area contributed by atoms with Gasteiger partial charge < -0.3 is 5.11 Å². The molecule has 1 unspecified atom stereocenters. The van der Waals surface area contributed by atoms with Crippen LogP contribution in [0.25, 0.3) is 0 Å². The van der Waals surface area contributed by atoms with Crippen molar-refractivity contribution >= 4 is 10.0 Å². The summed E-state index contributed by atoms with van der Waals surface area (Å²) in [5.74, 6) is -0.0795. The zero-order valence-electron chi connectivity index (χ0n) is 8.34. The quantitative estimate of drug-likeness (QED) is 0.761. The first-order valence-electron chi connectivity index (χ1n) is 4.39. The second-order valence-corrected chi connectivity index (χ2v) is 4.86. The smallest absolute Gasteiger partial charge is 0.241 e. The first kappa shape index (κ1) is 11.7. The Balaban J connectivity index is 3.01.